The van der Waals surface area contributed by atoms with Gasteiger partial charge in [0.2, 0.25) is 11.6 Å². The molecule has 0 heterocycles. The minimum atomic E-state index is -0.340. The Balaban J connectivity index is 3.06. The van der Waals surface area contributed by atoms with Crippen LogP contribution in [0.4, 0.5) is 0 Å². The van der Waals surface area contributed by atoms with Crippen molar-refractivity contribution in [2.45, 2.75) is 33.6 Å². The van der Waals surface area contributed by atoms with Crippen LogP contribution in [0.2, 0.25) is 0 Å². The van der Waals surface area contributed by atoms with Gasteiger partial charge in [-0.1, -0.05) is 25.1 Å². The average Bonchev–Trinajstić information content (AvgIpc) is 2.17. The lowest BCUT2D eigenvalue weighted by Crippen LogP contribution is -2.16. The van der Waals surface area contributed by atoms with Gasteiger partial charge in [-0.25, -0.2) is 0 Å². The second kappa shape index (κ2) is 4.87. The Morgan fingerprint density at radius 2 is 1.67 bits per heavy atom. The summed E-state index contributed by atoms with van der Waals surface area (Å²) in [6.45, 7) is 5.62. The van der Waals surface area contributed by atoms with Crippen LogP contribution in [0.5, 0.6) is 0 Å². The zero-order chi connectivity index (χ0) is 11.4. The van der Waals surface area contributed by atoms with E-state index in [1.54, 1.807) is 0 Å². The molecule has 0 aliphatic carbocycles. The second-order valence-corrected chi connectivity index (χ2v) is 3.77. The summed E-state index contributed by atoms with van der Waals surface area (Å²) in [5.41, 5.74) is 2.34. The van der Waals surface area contributed by atoms with E-state index in [-0.39, 0.29) is 11.6 Å². The molecule has 0 saturated carbocycles. The Morgan fingerprint density at radius 3 is 2.13 bits per heavy atom. The first-order valence-electron chi connectivity index (χ1n) is 5.21. The molecule has 80 valence electrons. The van der Waals surface area contributed by atoms with Gasteiger partial charge in [0.1, 0.15) is 0 Å². The van der Waals surface area contributed by atoms with Crippen LogP contribution < -0.4 is 0 Å². The van der Waals surface area contributed by atoms with Crippen LogP contribution in [-0.4, -0.2) is 11.6 Å². The second-order valence-electron chi connectivity index (χ2n) is 3.77. The van der Waals surface area contributed by atoms with Gasteiger partial charge in [-0.3, -0.25) is 9.59 Å². The van der Waals surface area contributed by atoms with Gasteiger partial charge >= 0.3 is 0 Å². The summed E-state index contributed by atoms with van der Waals surface area (Å²) >= 11 is 0. The Labute approximate surface area is 90.3 Å². The lowest BCUT2D eigenvalue weighted by molar-refractivity contribution is -0.115. The minimum Gasteiger partial charge on any atom is -0.290 e. The number of hydrogen-bond acceptors (Lipinski definition) is 2. The van der Waals surface area contributed by atoms with E-state index in [4.69, 9.17) is 0 Å². The summed E-state index contributed by atoms with van der Waals surface area (Å²) in [4.78, 5) is 23.3. The van der Waals surface area contributed by atoms with Crippen molar-refractivity contribution in [3.63, 3.8) is 0 Å². The lowest BCUT2D eigenvalue weighted by Gasteiger charge is -2.06. The molecule has 0 bridgehead atoms. The molecule has 15 heavy (non-hydrogen) atoms. The van der Waals surface area contributed by atoms with E-state index >= 15 is 0 Å². The maximum atomic E-state index is 11.8. The predicted octanol–water partition coefficient (Wildman–Crippen LogP) is 2.86. The molecule has 0 atom stereocenters. The van der Waals surface area contributed by atoms with Crippen molar-refractivity contribution in [3.05, 3.63) is 34.9 Å². The standard InChI is InChI=1S/C13H16O2/c1-4-6-11(14)13(15)12-9(2)7-5-8-10(12)3/h5,7-8H,4,6H2,1-3H3. The topological polar surface area (TPSA) is 34.1 Å². The Morgan fingerprint density at radius 1 is 1.13 bits per heavy atom. The van der Waals surface area contributed by atoms with Crippen LogP contribution in [0.1, 0.15) is 41.3 Å². The molecule has 0 unspecified atom stereocenters. The zero-order valence-electron chi connectivity index (χ0n) is 9.46. The SMILES string of the molecule is CCCC(=O)C(=O)c1c(C)cccc1C. The summed E-state index contributed by atoms with van der Waals surface area (Å²) in [6, 6.07) is 5.62. The van der Waals surface area contributed by atoms with Gasteiger partial charge in [0.05, 0.1) is 0 Å². The summed E-state index contributed by atoms with van der Waals surface area (Å²) in [6.07, 6.45) is 1.06. The number of aryl methyl sites for hydroxylation is 2. The largest absolute Gasteiger partial charge is 0.290 e. The smallest absolute Gasteiger partial charge is 0.229 e. The molecule has 2 nitrogen and oxygen atoms in total. The van der Waals surface area contributed by atoms with E-state index in [0.29, 0.717) is 12.0 Å². The molecular weight excluding hydrogens is 188 g/mol. The molecule has 0 fully saturated rings. The quantitative estimate of drug-likeness (QED) is 0.558. The van der Waals surface area contributed by atoms with E-state index < -0.39 is 0 Å². The maximum absolute atomic E-state index is 11.8. The molecule has 0 aromatic heterocycles. The highest BCUT2D eigenvalue weighted by Crippen LogP contribution is 2.15. The molecule has 0 amide bonds. The number of carbonyl (C=O) groups excluding carboxylic acids is 2. The molecule has 1 aromatic carbocycles. The van der Waals surface area contributed by atoms with E-state index in [2.05, 4.69) is 0 Å². The van der Waals surface area contributed by atoms with Gasteiger partial charge < -0.3 is 0 Å². The number of Topliss-reactive ketones (excluding diaryl/α,β-unsaturated/α-hetero) is 2. The van der Waals surface area contributed by atoms with Crippen molar-refractivity contribution in [3.8, 4) is 0 Å². The Hall–Kier alpha value is -1.44. The van der Waals surface area contributed by atoms with E-state index in [1.165, 1.54) is 0 Å². The average molecular weight is 204 g/mol. The predicted molar refractivity (Wildman–Crippen MR) is 60.2 cm³/mol. The molecule has 0 radical (unpaired) electrons. The first-order valence-corrected chi connectivity index (χ1v) is 5.21. The van der Waals surface area contributed by atoms with Gasteiger partial charge in [0.25, 0.3) is 0 Å². The molecule has 0 spiro atoms. The van der Waals surface area contributed by atoms with Crippen LogP contribution in [0, 0.1) is 13.8 Å². The maximum Gasteiger partial charge on any atom is 0.229 e. The highest BCUT2D eigenvalue weighted by atomic mass is 16.2. The van der Waals surface area contributed by atoms with Crippen LogP contribution >= 0.6 is 0 Å². The van der Waals surface area contributed by atoms with Gasteiger partial charge in [0, 0.05) is 12.0 Å². The zero-order valence-corrected chi connectivity index (χ0v) is 9.46. The Kier molecular flexibility index (Phi) is 3.78. The highest BCUT2D eigenvalue weighted by molar-refractivity contribution is 6.44. The number of rotatable bonds is 4. The highest BCUT2D eigenvalue weighted by Gasteiger charge is 2.18. The molecule has 1 rings (SSSR count). The molecule has 2 heteroatoms. The molecule has 1 aromatic rings. The van der Waals surface area contributed by atoms with Crippen LogP contribution in [0.15, 0.2) is 18.2 Å². The molecule has 0 N–H and O–H groups in total. The van der Waals surface area contributed by atoms with Crippen LogP contribution in [0.3, 0.4) is 0 Å². The fourth-order valence-corrected chi connectivity index (χ4v) is 1.65. The molecule has 0 aliphatic rings. The third-order valence-corrected chi connectivity index (χ3v) is 2.44. The first-order chi connectivity index (χ1) is 7.07. The van der Waals surface area contributed by atoms with Crippen molar-refractivity contribution < 1.29 is 9.59 Å². The third kappa shape index (κ3) is 2.52. The molecule has 0 aliphatic heterocycles. The van der Waals surface area contributed by atoms with Gasteiger partial charge in [-0.2, -0.15) is 0 Å². The number of carbonyl (C=O) groups is 2. The number of hydrogen-bond donors (Lipinski definition) is 0. The third-order valence-electron chi connectivity index (χ3n) is 2.44. The van der Waals surface area contributed by atoms with Crippen molar-refractivity contribution in [2.24, 2.45) is 0 Å². The summed E-state index contributed by atoms with van der Waals surface area (Å²) in [7, 11) is 0. The fourth-order valence-electron chi connectivity index (χ4n) is 1.65. The van der Waals surface area contributed by atoms with Crippen molar-refractivity contribution in [1.29, 1.82) is 0 Å². The monoisotopic (exact) mass is 204 g/mol. The van der Waals surface area contributed by atoms with E-state index in [9.17, 15) is 9.59 Å². The normalized spacial score (nSPS) is 10.1. The summed E-state index contributed by atoms with van der Waals surface area (Å²) < 4.78 is 0. The van der Waals surface area contributed by atoms with Crippen molar-refractivity contribution >= 4 is 11.6 Å². The molecule has 0 saturated heterocycles. The van der Waals surface area contributed by atoms with E-state index in [0.717, 1.165) is 17.5 Å². The van der Waals surface area contributed by atoms with Gasteiger partial charge in [-0.15, -0.1) is 0 Å². The first kappa shape index (κ1) is 11.6. The number of benzene rings is 1. The summed E-state index contributed by atoms with van der Waals surface area (Å²) in [5.74, 6) is -0.623. The van der Waals surface area contributed by atoms with Crippen LogP contribution in [0.25, 0.3) is 0 Å². The van der Waals surface area contributed by atoms with Gasteiger partial charge in [0.15, 0.2) is 0 Å². The van der Waals surface area contributed by atoms with Crippen molar-refractivity contribution in [2.75, 3.05) is 0 Å². The molecular formula is C13H16O2. The van der Waals surface area contributed by atoms with Gasteiger partial charge in [-0.05, 0) is 31.4 Å². The minimum absolute atomic E-state index is 0.283. The Bertz CT molecular complexity index is 371. The van der Waals surface area contributed by atoms with Crippen molar-refractivity contribution in [1.82, 2.24) is 0 Å². The van der Waals surface area contributed by atoms with E-state index in [1.807, 2.05) is 39.0 Å². The number of ketones is 2. The fraction of sp³-hybridized carbons (Fsp3) is 0.385. The summed E-state index contributed by atoms with van der Waals surface area (Å²) in [5, 5.41) is 0. The lowest BCUT2D eigenvalue weighted by atomic mass is 9.96. The van der Waals surface area contributed by atoms with Crippen LogP contribution in [-0.2, 0) is 4.79 Å².